The van der Waals surface area contributed by atoms with Crippen molar-refractivity contribution >= 4 is 23.4 Å². The minimum atomic E-state index is 0.240. The highest BCUT2D eigenvalue weighted by Crippen LogP contribution is 2.35. The van der Waals surface area contributed by atoms with Crippen LogP contribution in [0.5, 0.6) is 0 Å². The van der Waals surface area contributed by atoms with Gasteiger partial charge in [-0.15, -0.1) is 0 Å². The fraction of sp³-hybridized carbons (Fsp3) is 0.348. The van der Waals surface area contributed by atoms with E-state index in [2.05, 4.69) is 89.2 Å². The quantitative estimate of drug-likeness (QED) is 0.788. The highest BCUT2D eigenvalue weighted by atomic mass is 32.1. The molecular weight excluding hydrogens is 350 g/mol. The van der Waals surface area contributed by atoms with Crippen LogP contribution in [0.3, 0.4) is 0 Å². The summed E-state index contributed by atoms with van der Waals surface area (Å²) >= 11 is 5.59. The lowest BCUT2D eigenvalue weighted by atomic mass is 9.78. The summed E-state index contributed by atoms with van der Waals surface area (Å²) in [5, 5.41) is 7.88. The highest BCUT2D eigenvalue weighted by Gasteiger charge is 2.41. The first-order valence-electron chi connectivity index (χ1n) is 9.84. The van der Waals surface area contributed by atoms with Gasteiger partial charge in [0.1, 0.15) is 0 Å². The van der Waals surface area contributed by atoms with E-state index in [-0.39, 0.29) is 12.1 Å². The van der Waals surface area contributed by atoms with Gasteiger partial charge in [0.15, 0.2) is 5.11 Å². The fourth-order valence-electron chi connectivity index (χ4n) is 4.40. The number of rotatable bonds is 4. The van der Waals surface area contributed by atoms with E-state index in [4.69, 9.17) is 12.2 Å². The molecule has 0 amide bonds. The molecule has 3 nitrogen and oxygen atoms in total. The van der Waals surface area contributed by atoms with Crippen molar-refractivity contribution in [3.63, 3.8) is 0 Å². The van der Waals surface area contributed by atoms with E-state index in [9.17, 15) is 0 Å². The van der Waals surface area contributed by atoms with Gasteiger partial charge in [0.05, 0.1) is 12.1 Å². The van der Waals surface area contributed by atoms with Crippen LogP contribution in [0, 0.1) is 5.92 Å². The third kappa shape index (κ3) is 4.07. The Morgan fingerprint density at radius 1 is 1.00 bits per heavy atom. The van der Waals surface area contributed by atoms with Gasteiger partial charge in [-0.25, -0.2) is 0 Å². The SMILES string of the molecule is CCCN1C/C(=C/c2ccccc2)[C@@H]2NC(=S)N[C@H](c3ccccc3)[C@@H]2C1. The standard InChI is InChI=1S/C23H27N3S/c1-2-13-26-15-19(14-17-9-5-3-6-10-17)22-20(16-26)21(24-23(27)25-22)18-11-7-4-8-12-18/h3-12,14,20-22H,2,13,15-16H2,1H3,(H2,24,25,27)/b19-14-/t20-,21+,22-/m0/s1. The summed E-state index contributed by atoms with van der Waals surface area (Å²) in [5.74, 6) is 0.439. The molecule has 0 aromatic heterocycles. The van der Waals surface area contributed by atoms with Crippen LogP contribution >= 0.6 is 12.2 Å². The second kappa shape index (κ2) is 8.24. The van der Waals surface area contributed by atoms with E-state index in [0.29, 0.717) is 5.92 Å². The fourth-order valence-corrected chi connectivity index (χ4v) is 4.66. The summed E-state index contributed by atoms with van der Waals surface area (Å²) in [5.41, 5.74) is 4.00. The molecule has 0 aliphatic carbocycles. The number of nitrogens with one attached hydrogen (secondary N) is 2. The Balaban J connectivity index is 1.71. The van der Waals surface area contributed by atoms with Crippen LogP contribution in [-0.2, 0) is 0 Å². The summed E-state index contributed by atoms with van der Waals surface area (Å²) in [6, 6.07) is 21.9. The Hall–Kier alpha value is -2.17. The number of benzene rings is 2. The van der Waals surface area contributed by atoms with Crippen molar-refractivity contribution in [2.24, 2.45) is 5.92 Å². The topological polar surface area (TPSA) is 27.3 Å². The Morgan fingerprint density at radius 2 is 1.67 bits per heavy atom. The number of piperidine rings is 1. The molecule has 4 rings (SSSR count). The van der Waals surface area contributed by atoms with Crippen molar-refractivity contribution in [2.45, 2.75) is 25.4 Å². The zero-order valence-electron chi connectivity index (χ0n) is 15.8. The van der Waals surface area contributed by atoms with Gasteiger partial charge >= 0.3 is 0 Å². The molecule has 2 aromatic carbocycles. The maximum absolute atomic E-state index is 5.59. The molecule has 2 aliphatic rings. The van der Waals surface area contributed by atoms with Crippen molar-refractivity contribution in [2.75, 3.05) is 19.6 Å². The van der Waals surface area contributed by atoms with Gasteiger partial charge in [-0.05, 0) is 41.9 Å². The second-order valence-electron chi connectivity index (χ2n) is 7.51. The van der Waals surface area contributed by atoms with Crippen LogP contribution in [-0.4, -0.2) is 35.7 Å². The van der Waals surface area contributed by atoms with Gasteiger partial charge in [0, 0.05) is 19.0 Å². The number of fused-ring (bicyclic) bond motifs is 1. The minimum Gasteiger partial charge on any atom is -0.356 e. The first-order chi connectivity index (χ1) is 13.2. The summed E-state index contributed by atoms with van der Waals surface area (Å²) in [7, 11) is 0. The van der Waals surface area contributed by atoms with E-state index >= 15 is 0 Å². The van der Waals surface area contributed by atoms with E-state index in [1.165, 1.54) is 23.1 Å². The molecule has 2 fully saturated rings. The van der Waals surface area contributed by atoms with Gasteiger partial charge in [-0.3, -0.25) is 4.90 Å². The molecule has 2 N–H and O–H groups in total. The lowest BCUT2D eigenvalue weighted by Gasteiger charge is -2.48. The average Bonchev–Trinajstić information content (AvgIpc) is 2.70. The Kier molecular flexibility index (Phi) is 5.55. The molecule has 4 heteroatoms. The number of hydrogen-bond donors (Lipinski definition) is 2. The Bertz CT molecular complexity index is 803. The smallest absolute Gasteiger partial charge is 0.167 e. The van der Waals surface area contributed by atoms with E-state index < -0.39 is 0 Å². The molecule has 0 saturated carbocycles. The molecule has 0 radical (unpaired) electrons. The van der Waals surface area contributed by atoms with Gasteiger partial charge in [-0.1, -0.05) is 73.7 Å². The van der Waals surface area contributed by atoms with Gasteiger partial charge in [0.2, 0.25) is 0 Å². The zero-order valence-corrected chi connectivity index (χ0v) is 16.6. The molecule has 2 heterocycles. The van der Waals surface area contributed by atoms with Crippen molar-refractivity contribution < 1.29 is 0 Å². The third-order valence-corrected chi connectivity index (χ3v) is 5.79. The van der Waals surface area contributed by atoms with E-state index in [1.807, 2.05) is 0 Å². The molecule has 0 bridgehead atoms. The summed E-state index contributed by atoms with van der Waals surface area (Å²) in [4.78, 5) is 2.59. The normalized spacial score (nSPS) is 26.9. The summed E-state index contributed by atoms with van der Waals surface area (Å²) in [6.07, 6.45) is 3.52. The first kappa shape index (κ1) is 18.2. The Labute approximate surface area is 167 Å². The number of nitrogens with zero attached hydrogens (tertiary/aromatic N) is 1. The van der Waals surface area contributed by atoms with Gasteiger partial charge in [-0.2, -0.15) is 0 Å². The maximum Gasteiger partial charge on any atom is 0.167 e. The van der Waals surface area contributed by atoms with Crippen molar-refractivity contribution in [3.05, 3.63) is 77.4 Å². The van der Waals surface area contributed by atoms with Crippen LogP contribution in [0.2, 0.25) is 0 Å². The summed E-state index contributed by atoms with van der Waals surface area (Å²) < 4.78 is 0. The largest absolute Gasteiger partial charge is 0.356 e. The predicted octanol–water partition coefficient (Wildman–Crippen LogP) is 4.00. The van der Waals surface area contributed by atoms with E-state index in [1.54, 1.807) is 0 Å². The van der Waals surface area contributed by atoms with Crippen molar-refractivity contribution in [1.29, 1.82) is 0 Å². The molecule has 3 atom stereocenters. The monoisotopic (exact) mass is 377 g/mol. The van der Waals surface area contributed by atoms with E-state index in [0.717, 1.165) is 24.7 Å². The molecular formula is C23H27N3S. The lowest BCUT2D eigenvalue weighted by Crippen LogP contribution is -2.62. The number of likely N-dealkylation sites (tertiary alicyclic amines) is 1. The predicted molar refractivity (Wildman–Crippen MR) is 116 cm³/mol. The van der Waals surface area contributed by atoms with Crippen molar-refractivity contribution in [1.82, 2.24) is 15.5 Å². The number of thiocarbonyl (C=S) groups is 1. The Morgan fingerprint density at radius 3 is 2.37 bits per heavy atom. The lowest BCUT2D eigenvalue weighted by molar-refractivity contribution is 0.154. The van der Waals surface area contributed by atoms with Crippen LogP contribution in [0.25, 0.3) is 6.08 Å². The van der Waals surface area contributed by atoms with Crippen LogP contribution in [0.15, 0.2) is 66.2 Å². The molecule has 2 aliphatic heterocycles. The maximum atomic E-state index is 5.59. The first-order valence-corrected chi connectivity index (χ1v) is 10.3. The second-order valence-corrected chi connectivity index (χ2v) is 7.92. The van der Waals surface area contributed by atoms with Gasteiger partial charge < -0.3 is 10.6 Å². The van der Waals surface area contributed by atoms with Crippen LogP contribution in [0.1, 0.15) is 30.5 Å². The molecule has 2 saturated heterocycles. The van der Waals surface area contributed by atoms with Crippen molar-refractivity contribution in [3.8, 4) is 0 Å². The number of hydrogen-bond acceptors (Lipinski definition) is 2. The minimum absolute atomic E-state index is 0.240. The summed E-state index contributed by atoms with van der Waals surface area (Å²) in [6.45, 7) is 5.46. The zero-order chi connectivity index (χ0) is 18.6. The third-order valence-electron chi connectivity index (χ3n) is 5.55. The average molecular weight is 378 g/mol. The van der Waals surface area contributed by atoms with Crippen LogP contribution in [0.4, 0.5) is 0 Å². The molecule has 27 heavy (non-hydrogen) atoms. The molecule has 2 aromatic rings. The highest BCUT2D eigenvalue weighted by molar-refractivity contribution is 7.80. The van der Waals surface area contributed by atoms with Crippen LogP contribution < -0.4 is 10.6 Å². The molecule has 0 spiro atoms. The molecule has 0 unspecified atom stereocenters. The molecule has 140 valence electrons. The van der Waals surface area contributed by atoms with Gasteiger partial charge in [0.25, 0.3) is 0 Å².